The molecule has 0 rings (SSSR count). The number of nitriles is 1. The molecule has 0 unspecified atom stereocenters. The van der Waals surface area contributed by atoms with Gasteiger partial charge in [0.05, 0.1) is 12.5 Å². The monoisotopic (exact) mass is 211 g/mol. The lowest BCUT2D eigenvalue weighted by molar-refractivity contribution is -0.130. The molecule has 0 heterocycles. The van der Waals surface area contributed by atoms with Gasteiger partial charge in [0, 0.05) is 33.5 Å². The molecule has 0 fully saturated rings. The Morgan fingerprint density at radius 1 is 1.47 bits per heavy atom. The minimum atomic E-state index is -0.0831. The molecule has 0 aromatic rings. The number of amides is 2. The average Bonchev–Trinajstić information content (AvgIpc) is 2.20. The Morgan fingerprint density at radius 2 is 2.13 bits per heavy atom. The van der Waals surface area contributed by atoms with Crippen LogP contribution in [-0.4, -0.2) is 36.9 Å². The summed E-state index contributed by atoms with van der Waals surface area (Å²) >= 11 is 0. The van der Waals surface area contributed by atoms with E-state index in [1.807, 2.05) is 6.07 Å². The Kier molecular flexibility index (Phi) is 6.98. The van der Waals surface area contributed by atoms with Crippen LogP contribution in [0.3, 0.4) is 0 Å². The number of carbonyl (C=O) groups is 2. The Morgan fingerprint density at radius 3 is 2.67 bits per heavy atom. The molecule has 0 aliphatic rings. The molecule has 0 spiro atoms. The largest absolute Gasteiger partial charge is 0.356 e. The van der Waals surface area contributed by atoms with Crippen LogP contribution in [0.25, 0.3) is 0 Å². The van der Waals surface area contributed by atoms with Gasteiger partial charge in [0.1, 0.15) is 0 Å². The number of hydrogen-bond donors (Lipinski definition) is 1. The van der Waals surface area contributed by atoms with Gasteiger partial charge in [-0.15, -0.1) is 0 Å². The van der Waals surface area contributed by atoms with Crippen LogP contribution >= 0.6 is 0 Å². The molecule has 0 saturated heterocycles. The van der Waals surface area contributed by atoms with E-state index in [0.29, 0.717) is 32.4 Å². The van der Waals surface area contributed by atoms with Gasteiger partial charge in [-0.25, -0.2) is 0 Å². The van der Waals surface area contributed by atoms with Crippen molar-refractivity contribution in [2.75, 3.05) is 20.1 Å². The summed E-state index contributed by atoms with van der Waals surface area (Å²) in [4.78, 5) is 23.5. The third-order valence-electron chi connectivity index (χ3n) is 1.93. The number of hydrogen-bond acceptors (Lipinski definition) is 3. The molecular formula is C10H17N3O2. The summed E-state index contributed by atoms with van der Waals surface area (Å²) in [6.45, 7) is 2.43. The Bertz CT molecular complexity index is 258. The fourth-order valence-corrected chi connectivity index (χ4v) is 1.04. The van der Waals surface area contributed by atoms with Gasteiger partial charge >= 0.3 is 0 Å². The second-order valence-corrected chi connectivity index (χ2v) is 3.31. The molecular weight excluding hydrogens is 194 g/mol. The number of nitrogens with zero attached hydrogens (tertiary/aromatic N) is 2. The van der Waals surface area contributed by atoms with E-state index in [-0.39, 0.29) is 11.8 Å². The molecule has 1 N–H and O–H groups in total. The van der Waals surface area contributed by atoms with E-state index in [4.69, 9.17) is 5.26 Å². The van der Waals surface area contributed by atoms with Crippen LogP contribution in [0, 0.1) is 11.3 Å². The van der Waals surface area contributed by atoms with E-state index in [2.05, 4.69) is 5.32 Å². The average molecular weight is 211 g/mol. The predicted octanol–water partition coefficient (Wildman–Crippen LogP) is 0.275. The third kappa shape index (κ3) is 7.50. The van der Waals surface area contributed by atoms with E-state index in [1.54, 1.807) is 7.05 Å². The van der Waals surface area contributed by atoms with Crippen LogP contribution in [0.2, 0.25) is 0 Å². The van der Waals surface area contributed by atoms with Gasteiger partial charge in [-0.1, -0.05) is 0 Å². The number of rotatable bonds is 6. The molecule has 0 aliphatic carbocycles. The van der Waals surface area contributed by atoms with Gasteiger partial charge in [-0.3, -0.25) is 9.59 Å². The normalized spacial score (nSPS) is 9.13. The van der Waals surface area contributed by atoms with Crippen LogP contribution in [-0.2, 0) is 9.59 Å². The van der Waals surface area contributed by atoms with Gasteiger partial charge in [-0.2, -0.15) is 5.26 Å². The lowest BCUT2D eigenvalue weighted by Gasteiger charge is -2.15. The van der Waals surface area contributed by atoms with Crippen molar-refractivity contribution in [2.45, 2.75) is 26.2 Å². The van der Waals surface area contributed by atoms with E-state index < -0.39 is 0 Å². The zero-order valence-corrected chi connectivity index (χ0v) is 9.25. The van der Waals surface area contributed by atoms with Crippen LogP contribution in [0.5, 0.6) is 0 Å². The number of carbonyl (C=O) groups excluding carboxylic acids is 2. The maximum atomic E-state index is 11.4. The van der Waals surface area contributed by atoms with Crippen molar-refractivity contribution in [1.82, 2.24) is 10.2 Å². The predicted molar refractivity (Wildman–Crippen MR) is 55.8 cm³/mol. The fourth-order valence-electron chi connectivity index (χ4n) is 1.04. The molecule has 0 saturated carbocycles. The standard InChI is InChI=1S/C10H17N3O2/c1-9(14)12-7-3-5-10(15)13(2)8-4-6-11/h3-5,7-8H2,1-2H3,(H,12,14). The van der Waals surface area contributed by atoms with E-state index in [0.717, 1.165) is 0 Å². The molecule has 2 amide bonds. The Balaban J connectivity index is 3.56. The molecule has 0 bridgehead atoms. The molecule has 0 aromatic carbocycles. The van der Waals surface area contributed by atoms with Crippen molar-refractivity contribution < 1.29 is 9.59 Å². The van der Waals surface area contributed by atoms with E-state index in [9.17, 15) is 9.59 Å². The Labute approximate surface area is 90.0 Å². The fraction of sp³-hybridized carbons (Fsp3) is 0.700. The minimum absolute atomic E-state index is 0.00982. The van der Waals surface area contributed by atoms with Crippen LogP contribution in [0.15, 0.2) is 0 Å². The van der Waals surface area contributed by atoms with Crippen molar-refractivity contribution in [3.8, 4) is 6.07 Å². The minimum Gasteiger partial charge on any atom is -0.356 e. The SMILES string of the molecule is CC(=O)NCCCC(=O)N(C)CCC#N. The molecule has 0 radical (unpaired) electrons. The Hall–Kier alpha value is -1.57. The summed E-state index contributed by atoms with van der Waals surface area (Å²) in [7, 11) is 1.68. The maximum Gasteiger partial charge on any atom is 0.222 e. The summed E-state index contributed by atoms with van der Waals surface area (Å²) in [5.41, 5.74) is 0. The summed E-state index contributed by atoms with van der Waals surface area (Å²) in [5.74, 6) is -0.0733. The van der Waals surface area contributed by atoms with Crippen molar-refractivity contribution in [2.24, 2.45) is 0 Å². The van der Waals surface area contributed by atoms with Crippen LogP contribution in [0.4, 0.5) is 0 Å². The third-order valence-corrected chi connectivity index (χ3v) is 1.93. The van der Waals surface area contributed by atoms with Gasteiger partial charge in [0.2, 0.25) is 11.8 Å². The second kappa shape index (κ2) is 7.80. The first-order valence-electron chi connectivity index (χ1n) is 4.93. The van der Waals surface area contributed by atoms with Gasteiger partial charge in [0.25, 0.3) is 0 Å². The van der Waals surface area contributed by atoms with Crippen LogP contribution < -0.4 is 5.32 Å². The van der Waals surface area contributed by atoms with Gasteiger partial charge < -0.3 is 10.2 Å². The molecule has 0 atom stereocenters. The zero-order chi connectivity index (χ0) is 11.7. The second-order valence-electron chi connectivity index (χ2n) is 3.31. The smallest absolute Gasteiger partial charge is 0.222 e. The first kappa shape index (κ1) is 13.4. The first-order chi connectivity index (χ1) is 7.07. The zero-order valence-electron chi connectivity index (χ0n) is 9.25. The van der Waals surface area contributed by atoms with E-state index in [1.165, 1.54) is 11.8 Å². The summed E-state index contributed by atoms with van der Waals surface area (Å²) in [6, 6.07) is 1.98. The summed E-state index contributed by atoms with van der Waals surface area (Å²) in [5, 5.41) is 11.0. The highest BCUT2D eigenvalue weighted by atomic mass is 16.2. The lowest BCUT2D eigenvalue weighted by Crippen LogP contribution is -2.28. The summed E-state index contributed by atoms with van der Waals surface area (Å²) < 4.78 is 0. The maximum absolute atomic E-state index is 11.4. The highest BCUT2D eigenvalue weighted by Crippen LogP contribution is 1.95. The molecule has 84 valence electrons. The van der Waals surface area contributed by atoms with Gasteiger partial charge in [-0.05, 0) is 6.42 Å². The van der Waals surface area contributed by atoms with E-state index >= 15 is 0 Å². The van der Waals surface area contributed by atoms with Crippen molar-refractivity contribution in [3.05, 3.63) is 0 Å². The van der Waals surface area contributed by atoms with Crippen LogP contribution in [0.1, 0.15) is 26.2 Å². The first-order valence-corrected chi connectivity index (χ1v) is 4.93. The highest BCUT2D eigenvalue weighted by Gasteiger charge is 2.07. The topological polar surface area (TPSA) is 73.2 Å². The molecule has 0 aliphatic heterocycles. The molecule has 15 heavy (non-hydrogen) atoms. The molecule has 5 heteroatoms. The van der Waals surface area contributed by atoms with Gasteiger partial charge in [0.15, 0.2) is 0 Å². The highest BCUT2D eigenvalue weighted by molar-refractivity contribution is 5.76. The van der Waals surface area contributed by atoms with Crippen molar-refractivity contribution in [1.29, 1.82) is 5.26 Å². The number of nitrogens with one attached hydrogen (secondary N) is 1. The summed E-state index contributed by atoms with van der Waals surface area (Å²) in [6.07, 6.45) is 1.39. The van der Waals surface area contributed by atoms with Crippen molar-refractivity contribution in [3.63, 3.8) is 0 Å². The molecule has 0 aromatic heterocycles. The van der Waals surface area contributed by atoms with Crippen molar-refractivity contribution >= 4 is 11.8 Å². The lowest BCUT2D eigenvalue weighted by atomic mass is 10.2. The quantitative estimate of drug-likeness (QED) is 0.641. The molecule has 5 nitrogen and oxygen atoms in total.